The Morgan fingerprint density at radius 3 is 2.77 bits per heavy atom. The van der Waals surface area contributed by atoms with Crippen LogP contribution in [0.5, 0.6) is 0 Å². The van der Waals surface area contributed by atoms with Gasteiger partial charge in [0.2, 0.25) is 0 Å². The Hall–Kier alpha value is -1.27. The number of fused-ring (bicyclic) bond motifs is 1. The molecule has 2 N–H and O–H groups in total. The van der Waals surface area contributed by atoms with E-state index < -0.39 is 0 Å². The second-order valence-corrected chi connectivity index (χ2v) is 5.08. The minimum Gasteiger partial charge on any atom is -0.449 e. The van der Waals surface area contributed by atoms with E-state index in [-0.39, 0.29) is 18.3 Å². The van der Waals surface area contributed by atoms with E-state index in [1.807, 2.05) is 19.1 Å². The molecule has 1 amide bonds. The van der Waals surface area contributed by atoms with Crippen molar-refractivity contribution >= 4 is 40.9 Å². The lowest BCUT2D eigenvalue weighted by atomic mass is 10.1. The van der Waals surface area contributed by atoms with E-state index in [9.17, 15) is 4.79 Å². The number of ether oxygens (including phenoxy) is 1. The van der Waals surface area contributed by atoms with Crippen molar-refractivity contribution in [3.05, 3.63) is 34.5 Å². The van der Waals surface area contributed by atoms with Crippen molar-refractivity contribution in [2.45, 2.75) is 6.92 Å². The van der Waals surface area contributed by atoms with Gasteiger partial charge in [0.1, 0.15) is 0 Å². The molecule has 0 saturated heterocycles. The molecule has 1 heterocycles. The van der Waals surface area contributed by atoms with Gasteiger partial charge in [-0.3, -0.25) is 4.79 Å². The topological polar surface area (TPSA) is 63.5 Å². The Balaban J connectivity index is 0.00000242. The number of benzene rings is 1. The average Bonchev–Trinajstić information content (AvgIpc) is 2.82. The molecule has 0 aliphatic carbocycles. The monoisotopic (exact) mass is 346 g/mol. The highest BCUT2D eigenvalue weighted by molar-refractivity contribution is 6.35. The van der Waals surface area contributed by atoms with Crippen LogP contribution < -0.4 is 10.6 Å². The number of nitrogens with one attached hydrogen (secondary N) is 2. The zero-order valence-electron chi connectivity index (χ0n) is 12.6. The summed E-state index contributed by atoms with van der Waals surface area (Å²) in [5.74, 6) is 0.0864. The van der Waals surface area contributed by atoms with E-state index in [2.05, 4.69) is 10.6 Å². The molecular formula is C15H20Cl2N2O3. The summed E-state index contributed by atoms with van der Waals surface area (Å²) >= 11 is 6.08. The SMILES string of the molecule is COCCNCCNC(=O)c1oc2c(Cl)cccc2c1C.Cl. The maximum atomic E-state index is 12.1. The molecule has 2 aromatic rings. The van der Waals surface area contributed by atoms with Crippen molar-refractivity contribution in [1.29, 1.82) is 0 Å². The van der Waals surface area contributed by atoms with E-state index in [0.717, 1.165) is 17.5 Å². The third kappa shape index (κ3) is 4.36. The summed E-state index contributed by atoms with van der Waals surface area (Å²) in [6.45, 7) is 4.45. The summed E-state index contributed by atoms with van der Waals surface area (Å²) in [6.07, 6.45) is 0. The van der Waals surface area contributed by atoms with Gasteiger partial charge in [0.05, 0.1) is 11.6 Å². The van der Waals surface area contributed by atoms with Crippen molar-refractivity contribution in [3.63, 3.8) is 0 Å². The fourth-order valence-corrected chi connectivity index (χ4v) is 2.28. The van der Waals surface area contributed by atoms with Crippen LogP contribution in [0.1, 0.15) is 16.1 Å². The Morgan fingerprint density at radius 2 is 2.09 bits per heavy atom. The van der Waals surface area contributed by atoms with Gasteiger partial charge in [-0.25, -0.2) is 0 Å². The number of aryl methyl sites for hydroxylation is 1. The average molecular weight is 347 g/mol. The highest BCUT2D eigenvalue weighted by Gasteiger charge is 2.18. The predicted molar refractivity (Wildman–Crippen MR) is 90.3 cm³/mol. The van der Waals surface area contributed by atoms with Gasteiger partial charge in [-0.1, -0.05) is 23.7 Å². The molecule has 1 aromatic heterocycles. The molecule has 0 aliphatic heterocycles. The predicted octanol–water partition coefficient (Wildman–Crippen LogP) is 2.78. The van der Waals surface area contributed by atoms with Crippen LogP contribution in [0.3, 0.4) is 0 Å². The smallest absolute Gasteiger partial charge is 0.287 e. The van der Waals surface area contributed by atoms with E-state index >= 15 is 0 Å². The molecule has 0 bridgehead atoms. The van der Waals surface area contributed by atoms with Gasteiger partial charge >= 0.3 is 0 Å². The second-order valence-electron chi connectivity index (χ2n) is 4.67. The number of hydrogen-bond acceptors (Lipinski definition) is 4. The van der Waals surface area contributed by atoms with E-state index in [1.54, 1.807) is 13.2 Å². The fraction of sp³-hybridized carbons (Fsp3) is 0.400. The van der Waals surface area contributed by atoms with Crippen molar-refractivity contribution in [3.8, 4) is 0 Å². The van der Waals surface area contributed by atoms with Crippen LogP contribution in [0.25, 0.3) is 11.0 Å². The summed E-state index contributed by atoms with van der Waals surface area (Å²) in [6, 6.07) is 5.48. The Bertz CT molecular complexity index is 629. The normalized spacial score (nSPS) is 10.5. The first-order chi connectivity index (χ1) is 10.1. The van der Waals surface area contributed by atoms with Crippen LogP contribution in [0.15, 0.2) is 22.6 Å². The first kappa shape index (κ1) is 18.8. The van der Waals surface area contributed by atoms with Crippen LogP contribution in [0, 0.1) is 6.92 Å². The van der Waals surface area contributed by atoms with Crippen LogP contribution in [-0.2, 0) is 4.74 Å². The van der Waals surface area contributed by atoms with Gasteiger partial charge in [-0.15, -0.1) is 12.4 Å². The van der Waals surface area contributed by atoms with Gasteiger partial charge < -0.3 is 19.8 Å². The van der Waals surface area contributed by atoms with Crippen LogP contribution in [-0.4, -0.2) is 39.3 Å². The van der Waals surface area contributed by atoms with Gasteiger partial charge in [-0.2, -0.15) is 0 Å². The fourth-order valence-electron chi connectivity index (χ4n) is 2.07. The minimum atomic E-state index is -0.228. The molecule has 2 rings (SSSR count). The summed E-state index contributed by atoms with van der Waals surface area (Å²) in [7, 11) is 1.65. The lowest BCUT2D eigenvalue weighted by molar-refractivity contribution is 0.0927. The third-order valence-electron chi connectivity index (χ3n) is 3.19. The van der Waals surface area contributed by atoms with Crippen LogP contribution in [0.4, 0.5) is 0 Å². The van der Waals surface area contributed by atoms with Crippen molar-refractivity contribution < 1.29 is 13.9 Å². The summed E-state index contributed by atoms with van der Waals surface area (Å²) in [5, 5.41) is 7.35. The number of carbonyl (C=O) groups excluding carboxylic acids is 1. The number of halogens is 2. The molecule has 5 nitrogen and oxygen atoms in total. The number of methoxy groups -OCH3 is 1. The summed E-state index contributed by atoms with van der Waals surface area (Å²) in [4.78, 5) is 12.1. The maximum Gasteiger partial charge on any atom is 0.287 e. The molecule has 0 spiro atoms. The molecule has 1 aromatic carbocycles. The first-order valence-corrected chi connectivity index (χ1v) is 7.18. The Labute approximate surface area is 140 Å². The van der Waals surface area contributed by atoms with Crippen molar-refractivity contribution in [2.24, 2.45) is 0 Å². The van der Waals surface area contributed by atoms with E-state index in [0.29, 0.717) is 36.1 Å². The standard InChI is InChI=1S/C15H19ClN2O3.ClH/c1-10-11-4-3-5-12(16)14(11)21-13(10)15(19)18-7-6-17-8-9-20-2;/h3-5,17H,6-9H2,1-2H3,(H,18,19);1H. The second kappa shape index (κ2) is 9.00. The molecule has 0 aliphatic rings. The van der Waals surface area contributed by atoms with Crippen LogP contribution >= 0.6 is 24.0 Å². The third-order valence-corrected chi connectivity index (χ3v) is 3.49. The molecule has 0 fully saturated rings. The molecule has 122 valence electrons. The zero-order chi connectivity index (χ0) is 15.2. The lowest BCUT2D eigenvalue weighted by Crippen LogP contribution is -2.33. The quantitative estimate of drug-likeness (QED) is 0.756. The highest BCUT2D eigenvalue weighted by Crippen LogP contribution is 2.30. The minimum absolute atomic E-state index is 0. The molecule has 0 atom stereocenters. The Morgan fingerprint density at radius 1 is 1.32 bits per heavy atom. The molecular weight excluding hydrogens is 327 g/mol. The summed E-state index contributed by atoms with van der Waals surface area (Å²) in [5.41, 5.74) is 1.36. The molecule has 0 unspecified atom stereocenters. The number of rotatable bonds is 7. The van der Waals surface area contributed by atoms with Gasteiger partial charge in [0.15, 0.2) is 11.3 Å². The van der Waals surface area contributed by atoms with Crippen LogP contribution in [0.2, 0.25) is 5.02 Å². The number of para-hydroxylation sites is 1. The van der Waals surface area contributed by atoms with Gasteiger partial charge in [-0.05, 0) is 13.0 Å². The number of hydrogen-bond donors (Lipinski definition) is 2. The highest BCUT2D eigenvalue weighted by atomic mass is 35.5. The molecule has 0 radical (unpaired) electrons. The van der Waals surface area contributed by atoms with Crippen molar-refractivity contribution in [1.82, 2.24) is 10.6 Å². The van der Waals surface area contributed by atoms with E-state index in [1.165, 1.54) is 0 Å². The number of amides is 1. The molecule has 0 saturated carbocycles. The maximum absolute atomic E-state index is 12.1. The Kier molecular flexibility index (Phi) is 7.68. The first-order valence-electron chi connectivity index (χ1n) is 6.80. The number of furan rings is 1. The van der Waals surface area contributed by atoms with Gasteiger partial charge in [0, 0.05) is 37.7 Å². The zero-order valence-corrected chi connectivity index (χ0v) is 14.1. The summed E-state index contributed by atoms with van der Waals surface area (Å²) < 4.78 is 10.5. The molecule has 7 heteroatoms. The number of carbonyl (C=O) groups is 1. The lowest BCUT2D eigenvalue weighted by Gasteiger charge is -2.05. The molecule has 22 heavy (non-hydrogen) atoms. The van der Waals surface area contributed by atoms with Gasteiger partial charge in [0.25, 0.3) is 5.91 Å². The van der Waals surface area contributed by atoms with E-state index in [4.69, 9.17) is 20.8 Å². The van der Waals surface area contributed by atoms with Crippen molar-refractivity contribution in [2.75, 3.05) is 33.4 Å². The largest absolute Gasteiger partial charge is 0.449 e.